The van der Waals surface area contributed by atoms with Crippen LogP contribution in [0, 0.1) is 0 Å². The van der Waals surface area contributed by atoms with Gasteiger partial charge in [0.05, 0.1) is 26.2 Å². The van der Waals surface area contributed by atoms with Gasteiger partial charge in [-0.3, -0.25) is 0 Å². The summed E-state index contributed by atoms with van der Waals surface area (Å²) >= 11 is 0. The first-order valence-corrected chi connectivity index (χ1v) is 4.43. The van der Waals surface area contributed by atoms with Crippen LogP contribution < -0.4 is 0 Å². The Bertz CT molecular complexity index is 134. The molecule has 3 nitrogen and oxygen atoms in total. The van der Waals surface area contributed by atoms with E-state index in [1.807, 2.05) is 0 Å². The lowest BCUT2D eigenvalue weighted by Gasteiger charge is -2.09. The van der Waals surface area contributed by atoms with E-state index in [1.165, 1.54) is 0 Å². The first-order chi connectivity index (χ1) is 5.58. The van der Waals surface area contributed by atoms with Gasteiger partial charge >= 0.3 is 14.8 Å². The molecule has 0 aliphatic carbocycles. The molecule has 0 aromatic carbocycles. The molecule has 72 valence electrons. The van der Waals surface area contributed by atoms with E-state index in [9.17, 15) is 13.2 Å². The Kier molecular flexibility index (Phi) is 3.71. The van der Waals surface area contributed by atoms with E-state index in [0.717, 1.165) is 0 Å². The summed E-state index contributed by atoms with van der Waals surface area (Å²) in [6.07, 6.45) is -5.13. The molecule has 1 heterocycles. The third kappa shape index (κ3) is 4.21. The van der Waals surface area contributed by atoms with Gasteiger partial charge in [-0.15, -0.1) is 0 Å². The summed E-state index contributed by atoms with van der Waals surface area (Å²) < 4.78 is 49.0. The molecule has 0 amide bonds. The SMILES string of the molecule is FC(F)(F)CCOP1OCCO1. The fraction of sp³-hybridized carbons (Fsp3) is 1.00. The summed E-state index contributed by atoms with van der Waals surface area (Å²) in [6, 6.07) is 0. The van der Waals surface area contributed by atoms with Gasteiger partial charge < -0.3 is 13.6 Å². The average molecular weight is 204 g/mol. The van der Waals surface area contributed by atoms with Crippen LogP contribution in [0.25, 0.3) is 0 Å². The Morgan fingerprint density at radius 1 is 1.25 bits per heavy atom. The van der Waals surface area contributed by atoms with Crippen LogP contribution in [0.4, 0.5) is 13.2 Å². The van der Waals surface area contributed by atoms with Crippen LogP contribution in [0.3, 0.4) is 0 Å². The Balaban J connectivity index is 2.02. The average Bonchev–Trinajstić information content (AvgIpc) is 2.36. The normalized spacial score (nSPS) is 20.2. The summed E-state index contributed by atoms with van der Waals surface area (Å²) in [6.45, 7) is 0.407. The second-order valence-corrected chi connectivity index (χ2v) is 3.31. The highest BCUT2D eigenvalue weighted by molar-refractivity contribution is 7.41. The van der Waals surface area contributed by atoms with E-state index < -0.39 is 27.8 Å². The lowest BCUT2D eigenvalue weighted by molar-refractivity contribution is -0.139. The summed E-state index contributed by atoms with van der Waals surface area (Å²) in [4.78, 5) is 0. The van der Waals surface area contributed by atoms with Crippen LogP contribution in [0.5, 0.6) is 0 Å². The van der Waals surface area contributed by atoms with Gasteiger partial charge in [0.2, 0.25) is 0 Å². The van der Waals surface area contributed by atoms with Crippen LogP contribution in [-0.2, 0) is 13.6 Å². The molecule has 0 atom stereocenters. The standard InChI is InChI=1S/C5H8F3O3P/c6-5(7,8)1-2-9-12-10-3-4-11-12/h1-4H2. The van der Waals surface area contributed by atoms with Gasteiger partial charge in [-0.05, 0) is 0 Å². The maximum atomic E-state index is 11.6. The molecule has 1 fully saturated rings. The minimum absolute atomic E-state index is 0.394. The molecule has 0 N–H and O–H groups in total. The second-order valence-electron chi connectivity index (χ2n) is 2.09. The number of halogens is 3. The van der Waals surface area contributed by atoms with Crippen molar-refractivity contribution in [2.24, 2.45) is 0 Å². The first kappa shape index (κ1) is 10.2. The molecule has 1 rings (SSSR count). The quantitative estimate of drug-likeness (QED) is 0.659. The smallest absolute Gasteiger partial charge is 0.312 e. The van der Waals surface area contributed by atoms with Gasteiger partial charge in [-0.25, -0.2) is 0 Å². The van der Waals surface area contributed by atoms with Gasteiger partial charge in [-0.2, -0.15) is 13.2 Å². The molecule has 0 aromatic rings. The van der Waals surface area contributed by atoms with E-state index in [2.05, 4.69) is 4.52 Å². The van der Waals surface area contributed by atoms with Crippen LogP contribution >= 0.6 is 8.60 Å². The minimum Gasteiger partial charge on any atom is -0.312 e. The second kappa shape index (κ2) is 4.37. The third-order valence-electron chi connectivity index (χ3n) is 1.06. The predicted molar refractivity (Wildman–Crippen MR) is 35.4 cm³/mol. The van der Waals surface area contributed by atoms with Crippen molar-refractivity contribution in [2.75, 3.05) is 19.8 Å². The molecule has 0 saturated carbocycles. The van der Waals surface area contributed by atoms with Crippen molar-refractivity contribution in [3.05, 3.63) is 0 Å². The fourth-order valence-corrected chi connectivity index (χ4v) is 1.48. The zero-order valence-electron chi connectivity index (χ0n) is 6.13. The zero-order chi connectivity index (χ0) is 9.03. The molecule has 0 radical (unpaired) electrons. The summed E-state index contributed by atoms with van der Waals surface area (Å²) in [7, 11) is -1.50. The van der Waals surface area contributed by atoms with Gasteiger partial charge in [0.1, 0.15) is 0 Å². The van der Waals surface area contributed by atoms with Crippen molar-refractivity contribution >= 4 is 8.60 Å². The summed E-state index contributed by atoms with van der Waals surface area (Å²) in [5.74, 6) is 0. The molecule has 0 spiro atoms. The lowest BCUT2D eigenvalue weighted by Crippen LogP contribution is -2.10. The Morgan fingerprint density at radius 3 is 2.33 bits per heavy atom. The topological polar surface area (TPSA) is 27.7 Å². The molecule has 12 heavy (non-hydrogen) atoms. The van der Waals surface area contributed by atoms with E-state index >= 15 is 0 Å². The van der Waals surface area contributed by atoms with E-state index in [1.54, 1.807) is 0 Å². The van der Waals surface area contributed by atoms with Crippen molar-refractivity contribution in [1.82, 2.24) is 0 Å². The zero-order valence-corrected chi connectivity index (χ0v) is 7.03. The molecule has 0 unspecified atom stereocenters. The monoisotopic (exact) mass is 204 g/mol. The van der Waals surface area contributed by atoms with E-state index in [0.29, 0.717) is 13.2 Å². The Hall–Kier alpha value is 0.100. The van der Waals surface area contributed by atoms with Crippen molar-refractivity contribution < 1.29 is 26.7 Å². The maximum absolute atomic E-state index is 11.6. The highest BCUT2D eigenvalue weighted by Crippen LogP contribution is 2.43. The van der Waals surface area contributed by atoms with Crippen LogP contribution in [-0.4, -0.2) is 26.0 Å². The predicted octanol–water partition coefficient (Wildman–Crippen LogP) is 2.23. The Morgan fingerprint density at radius 2 is 1.83 bits per heavy atom. The molecule has 1 saturated heterocycles. The van der Waals surface area contributed by atoms with Gasteiger partial charge in [-0.1, -0.05) is 0 Å². The summed E-state index contributed by atoms with van der Waals surface area (Å²) in [5.41, 5.74) is 0. The van der Waals surface area contributed by atoms with Crippen molar-refractivity contribution in [3.8, 4) is 0 Å². The van der Waals surface area contributed by atoms with Crippen molar-refractivity contribution in [1.29, 1.82) is 0 Å². The largest absolute Gasteiger partial charge is 0.391 e. The molecular weight excluding hydrogens is 196 g/mol. The number of rotatable bonds is 3. The van der Waals surface area contributed by atoms with Crippen molar-refractivity contribution in [3.63, 3.8) is 0 Å². The highest BCUT2D eigenvalue weighted by atomic mass is 31.2. The van der Waals surface area contributed by atoms with E-state index in [4.69, 9.17) is 9.05 Å². The van der Waals surface area contributed by atoms with Crippen LogP contribution in [0.1, 0.15) is 6.42 Å². The fourth-order valence-electron chi connectivity index (χ4n) is 0.571. The molecule has 0 aromatic heterocycles. The van der Waals surface area contributed by atoms with Gasteiger partial charge in [0.15, 0.2) is 0 Å². The Labute approximate surface area is 68.8 Å². The minimum atomic E-state index is -4.17. The number of alkyl halides is 3. The molecule has 1 aliphatic rings. The van der Waals surface area contributed by atoms with Gasteiger partial charge in [0, 0.05) is 0 Å². The maximum Gasteiger partial charge on any atom is 0.391 e. The molecule has 0 bridgehead atoms. The molecule has 7 heteroatoms. The summed E-state index contributed by atoms with van der Waals surface area (Å²) in [5, 5.41) is 0. The van der Waals surface area contributed by atoms with Crippen LogP contribution in [0.15, 0.2) is 0 Å². The lowest BCUT2D eigenvalue weighted by atomic mass is 10.5. The molecular formula is C5H8F3O3P. The van der Waals surface area contributed by atoms with E-state index in [-0.39, 0.29) is 0 Å². The van der Waals surface area contributed by atoms with Gasteiger partial charge in [0.25, 0.3) is 0 Å². The number of hydrogen-bond donors (Lipinski definition) is 0. The van der Waals surface area contributed by atoms with Crippen LogP contribution in [0.2, 0.25) is 0 Å². The third-order valence-corrected chi connectivity index (χ3v) is 2.24. The molecule has 1 aliphatic heterocycles. The number of hydrogen-bond acceptors (Lipinski definition) is 3. The first-order valence-electron chi connectivity index (χ1n) is 3.33. The van der Waals surface area contributed by atoms with Crippen molar-refractivity contribution in [2.45, 2.75) is 12.6 Å². The highest BCUT2D eigenvalue weighted by Gasteiger charge is 2.28.